The van der Waals surface area contributed by atoms with E-state index >= 15 is 0 Å². The monoisotopic (exact) mass is 306 g/mol. The number of carbonyl (C=O) groups excluding carboxylic acids is 1. The maximum absolute atomic E-state index is 12.8. The molecule has 0 aromatic heterocycles. The first-order chi connectivity index (χ1) is 11.1. The van der Waals surface area contributed by atoms with Crippen LogP contribution in [0.3, 0.4) is 0 Å². The molecule has 118 valence electrons. The predicted molar refractivity (Wildman–Crippen MR) is 93.5 cm³/mol. The number of Topliss-reactive ketones (excluding diaryl/α,β-unsaturated/α-hetero) is 1. The Balaban J connectivity index is 1.98. The van der Waals surface area contributed by atoms with E-state index in [9.17, 15) is 4.79 Å². The fourth-order valence-electron chi connectivity index (χ4n) is 3.40. The van der Waals surface area contributed by atoms with E-state index in [0.717, 1.165) is 29.7 Å². The lowest BCUT2D eigenvalue weighted by atomic mass is 9.67. The molecule has 2 aromatic rings. The molecular formula is C21H22O2. The van der Waals surface area contributed by atoms with Crippen molar-refractivity contribution in [2.24, 2.45) is 5.41 Å². The Morgan fingerprint density at radius 2 is 1.74 bits per heavy atom. The molecule has 1 atom stereocenters. The maximum Gasteiger partial charge on any atom is 0.143 e. The van der Waals surface area contributed by atoms with Crippen molar-refractivity contribution in [3.63, 3.8) is 0 Å². The van der Waals surface area contributed by atoms with Crippen molar-refractivity contribution in [3.05, 3.63) is 71.8 Å². The summed E-state index contributed by atoms with van der Waals surface area (Å²) in [6, 6.07) is 18.3. The molecule has 0 amide bonds. The molecule has 0 aliphatic heterocycles. The van der Waals surface area contributed by atoms with Gasteiger partial charge in [0.05, 0.1) is 12.5 Å². The van der Waals surface area contributed by atoms with Gasteiger partial charge in [-0.3, -0.25) is 4.79 Å². The summed E-state index contributed by atoms with van der Waals surface area (Å²) in [5, 5.41) is 0. The number of rotatable bonds is 4. The second-order valence-electron chi connectivity index (χ2n) is 6.30. The average Bonchev–Trinajstić information content (AvgIpc) is 2.58. The fourth-order valence-corrected chi connectivity index (χ4v) is 3.40. The minimum absolute atomic E-state index is 0.328. The number of allylic oxidation sites excluding steroid dienone is 2. The van der Waals surface area contributed by atoms with Gasteiger partial charge in [-0.15, -0.1) is 0 Å². The van der Waals surface area contributed by atoms with Crippen molar-refractivity contribution in [1.82, 2.24) is 0 Å². The van der Waals surface area contributed by atoms with Crippen LogP contribution in [-0.4, -0.2) is 12.9 Å². The third-order valence-electron chi connectivity index (χ3n) is 4.73. The Kier molecular flexibility index (Phi) is 4.33. The smallest absolute Gasteiger partial charge is 0.143 e. The van der Waals surface area contributed by atoms with Gasteiger partial charge in [0.2, 0.25) is 0 Å². The second kappa shape index (κ2) is 6.41. The fraction of sp³-hybridized carbons (Fsp3) is 0.286. The summed E-state index contributed by atoms with van der Waals surface area (Å²) in [5.74, 6) is 1.16. The minimum atomic E-state index is -0.464. The summed E-state index contributed by atoms with van der Waals surface area (Å²) in [6.45, 7) is 2.08. The molecule has 0 spiro atoms. The van der Waals surface area contributed by atoms with Crippen molar-refractivity contribution in [3.8, 4) is 5.75 Å². The van der Waals surface area contributed by atoms with Gasteiger partial charge in [-0.2, -0.15) is 0 Å². The van der Waals surface area contributed by atoms with Gasteiger partial charge in [-0.25, -0.2) is 0 Å². The van der Waals surface area contributed by atoms with Gasteiger partial charge in [-0.05, 0) is 48.6 Å². The number of hydrogen-bond acceptors (Lipinski definition) is 2. The zero-order chi connectivity index (χ0) is 16.3. The molecule has 0 bridgehead atoms. The molecule has 2 heteroatoms. The molecule has 1 unspecified atom stereocenters. The van der Waals surface area contributed by atoms with E-state index in [1.807, 2.05) is 42.5 Å². The maximum atomic E-state index is 12.8. The largest absolute Gasteiger partial charge is 0.497 e. The first kappa shape index (κ1) is 15.5. The zero-order valence-electron chi connectivity index (χ0n) is 13.7. The van der Waals surface area contributed by atoms with Crippen LogP contribution >= 0.6 is 0 Å². The number of carbonyl (C=O) groups is 1. The highest BCUT2D eigenvalue weighted by molar-refractivity contribution is 5.99. The molecule has 0 heterocycles. The molecule has 3 rings (SSSR count). The third kappa shape index (κ3) is 3.07. The van der Waals surface area contributed by atoms with Crippen molar-refractivity contribution in [2.45, 2.75) is 26.2 Å². The summed E-state index contributed by atoms with van der Waals surface area (Å²) in [6.07, 6.45) is 4.42. The SMILES string of the molecule is COc1ccc(C2=CCCC(=O)C2(C)Cc2ccccc2)cc1. The van der Waals surface area contributed by atoms with E-state index in [-0.39, 0.29) is 0 Å². The van der Waals surface area contributed by atoms with Gasteiger partial charge in [0.1, 0.15) is 11.5 Å². The molecule has 0 radical (unpaired) electrons. The van der Waals surface area contributed by atoms with Crippen LogP contribution < -0.4 is 4.74 Å². The quantitative estimate of drug-likeness (QED) is 0.819. The van der Waals surface area contributed by atoms with Crippen molar-refractivity contribution < 1.29 is 9.53 Å². The molecule has 1 aliphatic carbocycles. The molecular weight excluding hydrogens is 284 g/mol. The second-order valence-corrected chi connectivity index (χ2v) is 6.30. The van der Waals surface area contributed by atoms with Gasteiger partial charge < -0.3 is 4.74 Å². The summed E-state index contributed by atoms with van der Waals surface area (Å²) in [4.78, 5) is 12.8. The summed E-state index contributed by atoms with van der Waals surface area (Å²) < 4.78 is 5.24. The number of methoxy groups -OCH3 is 1. The zero-order valence-corrected chi connectivity index (χ0v) is 13.7. The van der Waals surface area contributed by atoms with Crippen LogP contribution in [0.5, 0.6) is 5.75 Å². The highest BCUT2D eigenvalue weighted by Crippen LogP contribution is 2.43. The Hall–Kier alpha value is -2.35. The first-order valence-corrected chi connectivity index (χ1v) is 8.06. The van der Waals surface area contributed by atoms with Gasteiger partial charge in [0.25, 0.3) is 0 Å². The van der Waals surface area contributed by atoms with Crippen LogP contribution in [0.15, 0.2) is 60.7 Å². The van der Waals surface area contributed by atoms with E-state index in [2.05, 4.69) is 25.1 Å². The third-order valence-corrected chi connectivity index (χ3v) is 4.73. The van der Waals surface area contributed by atoms with E-state index < -0.39 is 5.41 Å². The first-order valence-electron chi connectivity index (χ1n) is 8.06. The van der Waals surface area contributed by atoms with Crippen LogP contribution in [-0.2, 0) is 11.2 Å². The van der Waals surface area contributed by atoms with E-state index in [0.29, 0.717) is 12.2 Å². The molecule has 0 saturated heterocycles. The molecule has 0 fully saturated rings. The van der Waals surface area contributed by atoms with E-state index in [1.165, 1.54) is 5.56 Å². The molecule has 23 heavy (non-hydrogen) atoms. The van der Waals surface area contributed by atoms with Crippen LogP contribution in [0.25, 0.3) is 5.57 Å². The van der Waals surface area contributed by atoms with Crippen molar-refractivity contribution in [1.29, 1.82) is 0 Å². The molecule has 2 nitrogen and oxygen atoms in total. The molecule has 2 aromatic carbocycles. The summed E-state index contributed by atoms with van der Waals surface area (Å²) in [5.41, 5.74) is 2.98. The minimum Gasteiger partial charge on any atom is -0.497 e. The Labute approximate surface area is 137 Å². The summed E-state index contributed by atoms with van der Waals surface area (Å²) in [7, 11) is 1.66. The van der Waals surface area contributed by atoms with Gasteiger partial charge in [0.15, 0.2) is 0 Å². The lowest BCUT2D eigenvalue weighted by Crippen LogP contribution is -2.34. The number of ether oxygens (including phenoxy) is 1. The normalized spacial score (nSPS) is 21.0. The van der Waals surface area contributed by atoms with Crippen LogP contribution in [0.4, 0.5) is 0 Å². The molecule has 0 saturated carbocycles. The highest BCUT2D eigenvalue weighted by Gasteiger charge is 2.39. The van der Waals surface area contributed by atoms with E-state index in [1.54, 1.807) is 7.11 Å². The van der Waals surface area contributed by atoms with Crippen LogP contribution in [0.2, 0.25) is 0 Å². The Bertz CT molecular complexity index is 713. The van der Waals surface area contributed by atoms with Crippen molar-refractivity contribution in [2.75, 3.05) is 7.11 Å². The molecule has 0 N–H and O–H groups in total. The number of ketones is 1. The number of benzene rings is 2. The Morgan fingerprint density at radius 1 is 1.04 bits per heavy atom. The van der Waals surface area contributed by atoms with Gasteiger partial charge >= 0.3 is 0 Å². The van der Waals surface area contributed by atoms with Crippen molar-refractivity contribution >= 4 is 11.4 Å². The average molecular weight is 306 g/mol. The van der Waals surface area contributed by atoms with E-state index in [4.69, 9.17) is 4.74 Å². The topological polar surface area (TPSA) is 26.3 Å². The van der Waals surface area contributed by atoms with Crippen LogP contribution in [0, 0.1) is 5.41 Å². The number of hydrogen-bond donors (Lipinski definition) is 0. The van der Waals surface area contributed by atoms with Gasteiger partial charge in [0, 0.05) is 6.42 Å². The predicted octanol–water partition coefficient (Wildman–Crippen LogP) is 4.69. The summed E-state index contributed by atoms with van der Waals surface area (Å²) >= 11 is 0. The van der Waals surface area contributed by atoms with Gasteiger partial charge in [-0.1, -0.05) is 48.5 Å². The highest BCUT2D eigenvalue weighted by atomic mass is 16.5. The molecule has 1 aliphatic rings. The lowest BCUT2D eigenvalue weighted by Gasteiger charge is -2.34. The lowest BCUT2D eigenvalue weighted by molar-refractivity contribution is -0.125. The standard InChI is InChI=1S/C21H22O2/c1-21(15-16-7-4-3-5-8-16)19(9-6-10-20(21)22)17-11-13-18(23-2)14-12-17/h3-5,7-9,11-14H,6,10,15H2,1-2H3. The Morgan fingerprint density at radius 3 is 2.39 bits per heavy atom. The van der Waals surface area contributed by atoms with Crippen LogP contribution in [0.1, 0.15) is 30.9 Å².